The van der Waals surface area contributed by atoms with Crippen LogP contribution >= 0.6 is 0 Å². The molecule has 0 bridgehead atoms. The van der Waals surface area contributed by atoms with Crippen molar-refractivity contribution in [3.8, 4) is 5.75 Å². The molecule has 0 aromatic heterocycles. The van der Waals surface area contributed by atoms with E-state index in [1.807, 2.05) is 6.92 Å². The summed E-state index contributed by atoms with van der Waals surface area (Å²) in [6, 6.07) is 4.50. The first-order valence-corrected chi connectivity index (χ1v) is 4.68. The number of aromatic hydroxyl groups is 1. The lowest BCUT2D eigenvalue weighted by molar-refractivity contribution is 0.112. The minimum atomic E-state index is 0.101. The van der Waals surface area contributed by atoms with Crippen molar-refractivity contribution in [3.63, 3.8) is 0 Å². The summed E-state index contributed by atoms with van der Waals surface area (Å²) in [7, 11) is 0. The smallest absolute Gasteiger partial charge is 0.150 e. The number of phenols is 1. The van der Waals surface area contributed by atoms with E-state index in [-0.39, 0.29) is 5.75 Å². The van der Waals surface area contributed by atoms with Crippen LogP contribution < -0.4 is 0 Å². The first-order chi connectivity index (χ1) is 7.21. The van der Waals surface area contributed by atoms with Crippen LogP contribution in [0.1, 0.15) is 29.3 Å². The molecule has 15 heavy (non-hydrogen) atoms. The second-order valence-corrected chi connectivity index (χ2v) is 3.20. The minimum absolute atomic E-state index is 0.101. The third-order valence-electron chi connectivity index (χ3n) is 2.20. The maximum atomic E-state index is 10.7. The topological polar surface area (TPSA) is 69.9 Å². The Morgan fingerprint density at radius 1 is 1.53 bits per heavy atom. The second kappa shape index (κ2) is 5.14. The van der Waals surface area contributed by atoms with Gasteiger partial charge in [0.25, 0.3) is 0 Å². The second-order valence-electron chi connectivity index (χ2n) is 3.20. The van der Waals surface area contributed by atoms with Crippen LogP contribution in [-0.2, 0) is 6.42 Å². The van der Waals surface area contributed by atoms with Gasteiger partial charge in [0.2, 0.25) is 0 Å². The van der Waals surface area contributed by atoms with Crippen molar-refractivity contribution in [3.05, 3.63) is 29.3 Å². The number of hydrogen-bond donors (Lipinski definition) is 2. The molecule has 0 radical (unpaired) electrons. The fourth-order valence-corrected chi connectivity index (χ4v) is 1.31. The predicted octanol–water partition coefficient (Wildman–Crippen LogP) is 1.99. The molecule has 0 heterocycles. The molecule has 0 fully saturated rings. The molecule has 1 aromatic carbocycles. The Kier molecular flexibility index (Phi) is 3.85. The van der Waals surface area contributed by atoms with Gasteiger partial charge < -0.3 is 10.3 Å². The van der Waals surface area contributed by atoms with E-state index in [2.05, 4.69) is 5.16 Å². The summed E-state index contributed by atoms with van der Waals surface area (Å²) in [5.74, 6) is 0.101. The Bertz CT molecular complexity index is 385. The van der Waals surface area contributed by atoms with Gasteiger partial charge in [-0.2, -0.15) is 0 Å². The van der Waals surface area contributed by atoms with Gasteiger partial charge in [0, 0.05) is 12.0 Å². The number of hydrogen-bond acceptors (Lipinski definition) is 4. The number of aldehydes is 1. The van der Waals surface area contributed by atoms with Gasteiger partial charge in [-0.05, 0) is 30.2 Å². The number of carbonyl (C=O) groups excluding carboxylic acids is 1. The standard InChI is InChI=1S/C11H13NO3/c1-2-10(12-15)5-9-6-11(14)4-3-8(9)7-13/h3-4,6-7,14-15H,2,5H2,1H3/b12-10+. The normalized spacial score (nSPS) is 11.4. The van der Waals surface area contributed by atoms with E-state index in [4.69, 9.17) is 5.21 Å². The van der Waals surface area contributed by atoms with Crippen LogP contribution in [0.2, 0.25) is 0 Å². The quantitative estimate of drug-likeness (QED) is 0.343. The van der Waals surface area contributed by atoms with Crippen LogP contribution in [-0.4, -0.2) is 22.3 Å². The zero-order chi connectivity index (χ0) is 11.3. The van der Waals surface area contributed by atoms with Gasteiger partial charge in [-0.25, -0.2) is 0 Å². The Hall–Kier alpha value is -1.84. The van der Waals surface area contributed by atoms with E-state index in [1.54, 1.807) is 6.07 Å². The highest BCUT2D eigenvalue weighted by Crippen LogP contribution is 2.16. The molecule has 0 saturated carbocycles. The zero-order valence-corrected chi connectivity index (χ0v) is 8.47. The molecule has 0 aliphatic rings. The first-order valence-electron chi connectivity index (χ1n) is 4.68. The summed E-state index contributed by atoms with van der Waals surface area (Å²) in [6.45, 7) is 1.86. The van der Waals surface area contributed by atoms with Gasteiger partial charge in [-0.3, -0.25) is 4.79 Å². The average molecular weight is 207 g/mol. The molecule has 0 spiro atoms. The molecule has 0 unspecified atom stereocenters. The lowest BCUT2D eigenvalue weighted by Gasteiger charge is -2.05. The SMILES string of the molecule is CC/C(Cc1cc(O)ccc1C=O)=N\O. The maximum absolute atomic E-state index is 10.7. The highest BCUT2D eigenvalue weighted by Gasteiger charge is 2.06. The molecule has 0 atom stereocenters. The Morgan fingerprint density at radius 3 is 2.80 bits per heavy atom. The number of phenolic OH excluding ortho intramolecular Hbond substituents is 1. The van der Waals surface area contributed by atoms with Crippen LogP contribution in [0.4, 0.5) is 0 Å². The van der Waals surface area contributed by atoms with Gasteiger partial charge in [0.15, 0.2) is 0 Å². The predicted molar refractivity (Wildman–Crippen MR) is 56.7 cm³/mol. The summed E-state index contributed by atoms with van der Waals surface area (Å²) in [4.78, 5) is 10.7. The van der Waals surface area contributed by atoms with Gasteiger partial charge in [0.05, 0.1) is 5.71 Å². The highest BCUT2D eigenvalue weighted by atomic mass is 16.4. The van der Waals surface area contributed by atoms with Gasteiger partial charge in [-0.1, -0.05) is 12.1 Å². The van der Waals surface area contributed by atoms with Crippen LogP contribution in [0.15, 0.2) is 23.4 Å². The van der Waals surface area contributed by atoms with E-state index in [0.29, 0.717) is 29.7 Å². The number of oxime groups is 1. The van der Waals surface area contributed by atoms with E-state index >= 15 is 0 Å². The van der Waals surface area contributed by atoms with Crippen LogP contribution in [0, 0.1) is 0 Å². The number of carbonyl (C=O) groups is 1. The molecule has 4 heteroatoms. The molecular formula is C11H13NO3. The fraction of sp³-hybridized carbons (Fsp3) is 0.273. The van der Waals surface area contributed by atoms with Gasteiger partial charge in [0.1, 0.15) is 12.0 Å². The fourth-order valence-electron chi connectivity index (χ4n) is 1.31. The summed E-state index contributed by atoms with van der Waals surface area (Å²) < 4.78 is 0. The first kappa shape index (κ1) is 11.2. The lowest BCUT2D eigenvalue weighted by atomic mass is 10.0. The lowest BCUT2D eigenvalue weighted by Crippen LogP contribution is -2.04. The van der Waals surface area contributed by atoms with Gasteiger partial charge in [-0.15, -0.1) is 0 Å². The molecule has 1 aromatic rings. The van der Waals surface area contributed by atoms with Crippen molar-refractivity contribution in [2.75, 3.05) is 0 Å². The van der Waals surface area contributed by atoms with Gasteiger partial charge >= 0.3 is 0 Å². The molecule has 0 aliphatic carbocycles. The van der Waals surface area contributed by atoms with E-state index in [1.165, 1.54) is 12.1 Å². The summed E-state index contributed by atoms with van der Waals surface area (Å²) in [5, 5.41) is 21.1. The van der Waals surface area contributed by atoms with Crippen molar-refractivity contribution in [2.45, 2.75) is 19.8 Å². The van der Waals surface area contributed by atoms with E-state index < -0.39 is 0 Å². The molecule has 80 valence electrons. The Labute approximate surface area is 87.9 Å². The average Bonchev–Trinajstić information content (AvgIpc) is 2.26. The number of rotatable bonds is 4. The van der Waals surface area contributed by atoms with Crippen LogP contribution in [0.5, 0.6) is 5.75 Å². The molecule has 2 N–H and O–H groups in total. The van der Waals surface area contributed by atoms with Crippen LogP contribution in [0.25, 0.3) is 0 Å². The summed E-state index contributed by atoms with van der Waals surface area (Å²) in [6.07, 6.45) is 1.69. The monoisotopic (exact) mass is 207 g/mol. The minimum Gasteiger partial charge on any atom is -0.508 e. The van der Waals surface area contributed by atoms with Crippen LogP contribution in [0.3, 0.4) is 0 Å². The third kappa shape index (κ3) is 2.80. The molecule has 1 rings (SSSR count). The van der Waals surface area contributed by atoms with Crippen molar-refractivity contribution >= 4 is 12.0 Å². The highest BCUT2D eigenvalue weighted by molar-refractivity contribution is 5.88. The Balaban J connectivity index is 3.01. The Morgan fingerprint density at radius 2 is 2.27 bits per heavy atom. The molecule has 4 nitrogen and oxygen atoms in total. The zero-order valence-electron chi connectivity index (χ0n) is 8.47. The van der Waals surface area contributed by atoms with Crippen molar-refractivity contribution < 1.29 is 15.1 Å². The summed E-state index contributed by atoms with van der Waals surface area (Å²) in [5.41, 5.74) is 1.74. The molecule has 0 saturated heterocycles. The van der Waals surface area contributed by atoms with E-state index in [0.717, 1.165) is 6.29 Å². The molecule has 0 aliphatic heterocycles. The van der Waals surface area contributed by atoms with Crippen molar-refractivity contribution in [2.24, 2.45) is 5.16 Å². The van der Waals surface area contributed by atoms with E-state index in [9.17, 15) is 9.90 Å². The molecule has 0 amide bonds. The summed E-state index contributed by atoms with van der Waals surface area (Å²) >= 11 is 0. The number of benzene rings is 1. The maximum Gasteiger partial charge on any atom is 0.150 e. The van der Waals surface area contributed by atoms with Crippen molar-refractivity contribution in [1.29, 1.82) is 0 Å². The third-order valence-corrected chi connectivity index (χ3v) is 2.20. The molecular weight excluding hydrogens is 194 g/mol. The number of nitrogens with zero attached hydrogens (tertiary/aromatic N) is 1. The van der Waals surface area contributed by atoms with Crippen molar-refractivity contribution in [1.82, 2.24) is 0 Å². The largest absolute Gasteiger partial charge is 0.508 e.